The summed E-state index contributed by atoms with van der Waals surface area (Å²) < 4.78 is 0. The van der Waals surface area contributed by atoms with Gasteiger partial charge in [0.15, 0.2) is 0 Å². The Morgan fingerprint density at radius 2 is 2.27 bits per heavy atom. The number of hydrogen-bond acceptors (Lipinski definition) is 3. The van der Waals surface area contributed by atoms with Crippen LogP contribution in [0.4, 0.5) is 0 Å². The summed E-state index contributed by atoms with van der Waals surface area (Å²) in [7, 11) is 0. The molecule has 0 saturated carbocycles. The van der Waals surface area contributed by atoms with Crippen molar-refractivity contribution in [3.63, 3.8) is 0 Å². The highest BCUT2D eigenvalue weighted by atomic mass is 16.2. The van der Waals surface area contributed by atoms with Crippen LogP contribution >= 0.6 is 0 Å². The molecule has 0 aliphatic carbocycles. The first-order valence-corrected chi connectivity index (χ1v) is 5.43. The Morgan fingerprint density at radius 1 is 1.53 bits per heavy atom. The molecule has 2 amide bonds. The number of carbonyl (C=O) groups is 2. The number of fused-ring (bicyclic) bond motifs is 1. The third-order valence-corrected chi connectivity index (χ3v) is 3.00. The van der Waals surface area contributed by atoms with E-state index < -0.39 is 0 Å². The maximum absolute atomic E-state index is 12.0. The molecule has 2 saturated heterocycles. The van der Waals surface area contributed by atoms with E-state index in [0.29, 0.717) is 6.54 Å². The molecule has 0 aromatic heterocycles. The second-order valence-corrected chi connectivity index (χ2v) is 4.44. The van der Waals surface area contributed by atoms with E-state index in [0.717, 1.165) is 19.4 Å². The summed E-state index contributed by atoms with van der Waals surface area (Å²) >= 11 is 0. The Hall–Kier alpha value is -1.10. The van der Waals surface area contributed by atoms with E-state index in [9.17, 15) is 9.59 Å². The monoisotopic (exact) mass is 211 g/mol. The Kier molecular flexibility index (Phi) is 2.65. The van der Waals surface area contributed by atoms with Gasteiger partial charge < -0.3 is 15.5 Å². The normalized spacial score (nSPS) is 28.3. The molecule has 84 valence electrons. The molecule has 2 heterocycles. The number of rotatable bonds is 2. The summed E-state index contributed by atoms with van der Waals surface area (Å²) in [6.45, 7) is 3.27. The van der Waals surface area contributed by atoms with E-state index in [-0.39, 0.29) is 30.4 Å². The minimum Gasteiger partial charge on any atom is -0.330 e. The number of nitrogens with two attached hydrogens (primary N) is 1. The third kappa shape index (κ3) is 1.84. The quantitative estimate of drug-likeness (QED) is 0.648. The maximum atomic E-state index is 12.0. The van der Waals surface area contributed by atoms with Crippen LogP contribution in [0.2, 0.25) is 0 Å². The highest BCUT2D eigenvalue weighted by Gasteiger charge is 2.41. The van der Waals surface area contributed by atoms with Gasteiger partial charge in [0, 0.05) is 19.1 Å². The SMILES string of the molecule is C[C@H](N)CN1CC(=O)N2CCCC2C1=O. The number of nitrogens with zero attached hydrogens (tertiary/aromatic N) is 2. The van der Waals surface area contributed by atoms with E-state index in [1.807, 2.05) is 6.92 Å². The average molecular weight is 211 g/mol. The van der Waals surface area contributed by atoms with Crippen LogP contribution in [0.1, 0.15) is 19.8 Å². The van der Waals surface area contributed by atoms with Gasteiger partial charge in [-0.2, -0.15) is 0 Å². The average Bonchev–Trinajstić information content (AvgIpc) is 2.61. The fourth-order valence-corrected chi connectivity index (χ4v) is 2.37. The van der Waals surface area contributed by atoms with Crippen LogP contribution in [0.25, 0.3) is 0 Å². The molecule has 0 spiro atoms. The number of amides is 2. The second-order valence-electron chi connectivity index (χ2n) is 4.44. The van der Waals surface area contributed by atoms with E-state index in [1.165, 1.54) is 0 Å². The molecule has 0 aromatic carbocycles. The number of hydrogen-bond donors (Lipinski definition) is 1. The van der Waals surface area contributed by atoms with E-state index in [1.54, 1.807) is 9.80 Å². The Labute approximate surface area is 89.2 Å². The summed E-state index contributed by atoms with van der Waals surface area (Å²) in [4.78, 5) is 27.0. The third-order valence-electron chi connectivity index (χ3n) is 3.00. The van der Waals surface area contributed by atoms with Gasteiger partial charge in [0.25, 0.3) is 0 Å². The maximum Gasteiger partial charge on any atom is 0.245 e. The van der Waals surface area contributed by atoms with Crippen molar-refractivity contribution in [2.24, 2.45) is 5.73 Å². The van der Waals surface area contributed by atoms with Gasteiger partial charge in [0.2, 0.25) is 11.8 Å². The molecule has 2 fully saturated rings. The Morgan fingerprint density at radius 3 is 2.93 bits per heavy atom. The van der Waals surface area contributed by atoms with Gasteiger partial charge in [-0.3, -0.25) is 9.59 Å². The minimum absolute atomic E-state index is 0.0674. The molecule has 5 heteroatoms. The van der Waals surface area contributed by atoms with Crippen molar-refractivity contribution < 1.29 is 9.59 Å². The lowest BCUT2D eigenvalue weighted by Gasteiger charge is -2.37. The standard InChI is InChI=1S/C10H17N3O2/c1-7(11)5-12-6-9(14)13-4-2-3-8(13)10(12)15/h7-8H,2-6,11H2,1H3/t7-,8?/m0/s1. The molecule has 15 heavy (non-hydrogen) atoms. The number of piperazine rings is 1. The number of carbonyl (C=O) groups excluding carboxylic acids is 2. The fraction of sp³-hybridized carbons (Fsp3) is 0.800. The van der Waals surface area contributed by atoms with Gasteiger partial charge in [-0.15, -0.1) is 0 Å². The predicted octanol–water partition coefficient (Wildman–Crippen LogP) is -0.833. The smallest absolute Gasteiger partial charge is 0.245 e. The lowest BCUT2D eigenvalue weighted by atomic mass is 10.1. The largest absolute Gasteiger partial charge is 0.330 e. The predicted molar refractivity (Wildman–Crippen MR) is 55.0 cm³/mol. The Bertz CT molecular complexity index is 290. The van der Waals surface area contributed by atoms with Crippen molar-refractivity contribution in [3.05, 3.63) is 0 Å². The Balaban J connectivity index is 2.10. The molecule has 2 aliphatic rings. The van der Waals surface area contributed by atoms with Gasteiger partial charge in [0.1, 0.15) is 6.04 Å². The molecular weight excluding hydrogens is 194 g/mol. The van der Waals surface area contributed by atoms with Crippen molar-refractivity contribution in [2.75, 3.05) is 19.6 Å². The first-order valence-electron chi connectivity index (χ1n) is 5.43. The summed E-state index contributed by atoms with van der Waals surface area (Å²) in [5.41, 5.74) is 5.65. The van der Waals surface area contributed by atoms with Crippen LogP contribution in [0.5, 0.6) is 0 Å². The topological polar surface area (TPSA) is 66.6 Å². The molecule has 2 N–H and O–H groups in total. The molecular formula is C10H17N3O2. The molecule has 2 rings (SSSR count). The molecule has 0 bridgehead atoms. The van der Waals surface area contributed by atoms with Crippen LogP contribution < -0.4 is 5.73 Å². The van der Waals surface area contributed by atoms with Crippen LogP contribution in [0.15, 0.2) is 0 Å². The van der Waals surface area contributed by atoms with Gasteiger partial charge in [-0.1, -0.05) is 0 Å². The van der Waals surface area contributed by atoms with Crippen molar-refractivity contribution >= 4 is 11.8 Å². The second kappa shape index (κ2) is 3.81. The first kappa shape index (κ1) is 10.4. The molecule has 5 nitrogen and oxygen atoms in total. The van der Waals surface area contributed by atoms with E-state index in [4.69, 9.17) is 5.73 Å². The van der Waals surface area contributed by atoms with Gasteiger partial charge >= 0.3 is 0 Å². The van der Waals surface area contributed by atoms with Crippen LogP contribution in [0, 0.1) is 0 Å². The van der Waals surface area contributed by atoms with Crippen LogP contribution in [-0.2, 0) is 9.59 Å². The lowest BCUT2D eigenvalue weighted by molar-refractivity contribution is -0.153. The van der Waals surface area contributed by atoms with Gasteiger partial charge in [-0.25, -0.2) is 0 Å². The molecule has 2 aliphatic heterocycles. The zero-order valence-electron chi connectivity index (χ0n) is 8.98. The van der Waals surface area contributed by atoms with E-state index >= 15 is 0 Å². The zero-order valence-corrected chi connectivity index (χ0v) is 8.98. The van der Waals surface area contributed by atoms with Crippen LogP contribution in [-0.4, -0.2) is 53.3 Å². The van der Waals surface area contributed by atoms with Crippen molar-refractivity contribution in [3.8, 4) is 0 Å². The molecule has 0 aromatic rings. The van der Waals surface area contributed by atoms with Crippen molar-refractivity contribution in [1.29, 1.82) is 0 Å². The highest BCUT2D eigenvalue weighted by Crippen LogP contribution is 2.23. The van der Waals surface area contributed by atoms with Crippen molar-refractivity contribution in [1.82, 2.24) is 9.80 Å². The zero-order chi connectivity index (χ0) is 11.0. The van der Waals surface area contributed by atoms with Gasteiger partial charge in [0.05, 0.1) is 6.54 Å². The molecule has 1 unspecified atom stereocenters. The lowest BCUT2D eigenvalue weighted by Crippen LogP contribution is -2.59. The fourth-order valence-electron chi connectivity index (χ4n) is 2.37. The van der Waals surface area contributed by atoms with E-state index in [2.05, 4.69) is 0 Å². The van der Waals surface area contributed by atoms with Crippen molar-refractivity contribution in [2.45, 2.75) is 31.8 Å². The first-order chi connectivity index (χ1) is 7.09. The summed E-state index contributed by atoms with van der Waals surface area (Å²) in [5, 5.41) is 0. The van der Waals surface area contributed by atoms with Crippen LogP contribution in [0.3, 0.4) is 0 Å². The molecule has 0 radical (unpaired) electrons. The summed E-state index contributed by atoms with van der Waals surface area (Å²) in [6, 6.07) is -0.278. The minimum atomic E-state index is -0.204. The summed E-state index contributed by atoms with van der Waals surface area (Å²) in [6.07, 6.45) is 1.74. The molecule has 2 atom stereocenters. The highest BCUT2D eigenvalue weighted by molar-refractivity contribution is 5.95. The van der Waals surface area contributed by atoms with Gasteiger partial charge in [-0.05, 0) is 19.8 Å². The summed E-state index contributed by atoms with van der Waals surface area (Å²) in [5.74, 6) is 0.141.